The van der Waals surface area contributed by atoms with Crippen molar-refractivity contribution in [2.24, 2.45) is 7.05 Å². The maximum Gasteiger partial charge on any atom is 0.255 e. The van der Waals surface area contributed by atoms with Crippen molar-refractivity contribution in [3.63, 3.8) is 0 Å². The van der Waals surface area contributed by atoms with E-state index in [0.717, 1.165) is 5.56 Å². The Balaban J connectivity index is 1.68. The van der Waals surface area contributed by atoms with E-state index < -0.39 is 0 Å². The van der Waals surface area contributed by atoms with Gasteiger partial charge in [0.2, 0.25) is 5.95 Å². The number of hydrogen-bond donors (Lipinski definition) is 1. The van der Waals surface area contributed by atoms with Crippen molar-refractivity contribution < 1.29 is 4.39 Å². The zero-order valence-corrected chi connectivity index (χ0v) is 14.8. The fourth-order valence-electron chi connectivity index (χ4n) is 3.26. The molecule has 0 saturated carbocycles. The predicted octanol–water partition coefficient (Wildman–Crippen LogP) is 1.53. The summed E-state index contributed by atoms with van der Waals surface area (Å²) in [5, 5.41) is 3.40. The zero-order chi connectivity index (χ0) is 18.8. The Morgan fingerprint density at radius 1 is 1.22 bits per heavy atom. The number of piperazine rings is 1. The first-order valence-electron chi connectivity index (χ1n) is 8.70. The molecule has 138 valence electrons. The minimum atomic E-state index is -0.261. The van der Waals surface area contributed by atoms with Gasteiger partial charge in [-0.05, 0) is 23.8 Å². The zero-order valence-electron chi connectivity index (χ0n) is 14.8. The molecule has 8 heteroatoms. The SMILES string of the molecule is Cn1c(N2CCNC(c3cccc(F)c3)C2)nc(-c2ccncn2)cc1=O. The van der Waals surface area contributed by atoms with Crippen LogP contribution in [0, 0.1) is 5.82 Å². The van der Waals surface area contributed by atoms with Crippen molar-refractivity contribution in [2.45, 2.75) is 6.04 Å². The van der Waals surface area contributed by atoms with Crippen molar-refractivity contribution in [2.75, 3.05) is 24.5 Å². The molecular formula is C19H19FN6O. The third-order valence-electron chi connectivity index (χ3n) is 4.66. The second-order valence-corrected chi connectivity index (χ2v) is 6.44. The van der Waals surface area contributed by atoms with E-state index in [1.54, 1.807) is 25.4 Å². The van der Waals surface area contributed by atoms with Gasteiger partial charge in [-0.1, -0.05) is 12.1 Å². The first-order chi connectivity index (χ1) is 13.1. The summed E-state index contributed by atoms with van der Waals surface area (Å²) in [4.78, 5) is 27.3. The Hall–Kier alpha value is -3.13. The lowest BCUT2D eigenvalue weighted by molar-refractivity contribution is 0.460. The van der Waals surface area contributed by atoms with Gasteiger partial charge in [0.25, 0.3) is 5.56 Å². The minimum Gasteiger partial charge on any atom is -0.339 e. The Labute approximate surface area is 155 Å². The van der Waals surface area contributed by atoms with Gasteiger partial charge in [-0.2, -0.15) is 0 Å². The van der Waals surface area contributed by atoms with Gasteiger partial charge in [-0.25, -0.2) is 19.3 Å². The topological polar surface area (TPSA) is 75.9 Å². The fraction of sp³-hybridized carbons (Fsp3) is 0.263. The number of nitrogens with one attached hydrogen (secondary N) is 1. The Kier molecular flexibility index (Phi) is 4.64. The van der Waals surface area contributed by atoms with Gasteiger partial charge in [-0.3, -0.25) is 9.36 Å². The maximum absolute atomic E-state index is 13.6. The summed E-state index contributed by atoms with van der Waals surface area (Å²) in [6.45, 7) is 1.98. The second kappa shape index (κ2) is 7.24. The number of hydrogen-bond acceptors (Lipinski definition) is 6. The van der Waals surface area contributed by atoms with E-state index in [1.807, 2.05) is 11.0 Å². The molecule has 1 aromatic carbocycles. The summed E-state index contributed by atoms with van der Waals surface area (Å²) in [6, 6.07) is 9.71. The van der Waals surface area contributed by atoms with Gasteiger partial charge in [0, 0.05) is 38.9 Å². The minimum absolute atomic E-state index is 0.0472. The fourth-order valence-corrected chi connectivity index (χ4v) is 3.26. The molecule has 0 radical (unpaired) electrons. The van der Waals surface area contributed by atoms with E-state index in [9.17, 15) is 9.18 Å². The maximum atomic E-state index is 13.6. The Bertz CT molecular complexity index is 1010. The number of benzene rings is 1. The van der Waals surface area contributed by atoms with Crippen molar-refractivity contribution in [3.8, 4) is 11.4 Å². The van der Waals surface area contributed by atoms with E-state index in [-0.39, 0.29) is 17.4 Å². The van der Waals surface area contributed by atoms with Gasteiger partial charge >= 0.3 is 0 Å². The van der Waals surface area contributed by atoms with E-state index in [2.05, 4.69) is 20.3 Å². The molecule has 1 aliphatic rings. The average molecular weight is 366 g/mol. The van der Waals surface area contributed by atoms with Crippen LogP contribution >= 0.6 is 0 Å². The van der Waals surface area contributed by atoms with Crippen molar-refractivity contribution in [3.05, 3.63) is 70.7 Å². The molecule has 1 saturated heterocycles. The molecule has 1 aliphatic heterocycles. The molecular weight excluding hydrogens is 347 g/mol. The number of nitrogens with zero attached hydrogens (tertiary/aromatic N) is 5. The Morgan fingerprint density at radius 2 is 2.11 bits per heavy atom. The number of halogens is 1. The summed E-state index contributed by atoms with van der Waals surface area (Å²) in [5.41, 5.74) is 1.82. The standard InChI is InChI=1S/C19H19FN6O/c1-25-18(27)10-16(15-5-6-21-12-23-15)24-19(25)26-8-7-22-17(11-26)13-3-2-4-14(20)9-13/h2-6,9-10,12,17,22H,7-8,11H2,1H3. The number of aromatic nitrogens is 4. The van der Waals surface area contributed by atoms with Crippen molar-refractivity contribution in [1.29, 1.82) is 0 Å². The monoisotopic (exact) mass is 366 g/mol. The summed E-state index contributed by atoms with van der Waals surface area (Å²) < 4.78 is 15.1. The lowest BCUT2D eigenvalue weighted by atomic mass is 10.0. The van der Waals surface area contributed by atoms with E-state index in [1.165, 1.54) is 29.1 Å². The lowest BCUT2D eigenvalue weighted by Crippen LogP contribution is -2.47. The van der Waals surface area contributed by atoms with Crippen LogP contribution in [-0.2, 0) is 7.05 Å². The van der Waals surface area contributed by atoms with Gasteiger partial charge in [0.05, 0.1) is 17.4 Å². The van der Waals surface area contributed by atoms with E-state index >= 15 is 0 Å². The van der Waals surface area contributed by atoms with Gasteiger partial charge < -0.3 is 10.2 Å². The molecule has 4 rings (SSSR count). The van der Waals surface area contributed by atoms with Crippen LogP contribution in [0.5, 0.6) is 0 Å². The third-order valence-corrected chi connectivity index (χ3v) is 4.66. The second-order valence-electron chi connectivity index (χ2n) is 6.44. The van der Waals surface area contributed by atoms with Crippen LogP contribution < -0.4 is 15.8 Å². The molecule has 27 heavy (non-hydrogen) atoms. The van der Waals surface area contributed by atoms with Gasteiger partial charge in [0.1, 0.15) is 12.1 Å². The number of anilines is 1. The summed E-state index contributed by atoms with van der Waals surface area (Å²) in [7, 11) is 1.70. The largest absolute Gasteiger partial charge is 0.339 e. The molecule has 3 aromatic rings. The number of rotatable bonds is 3. The lowest BCUT2D eigenvalue weighted by Gasteiger charge is -2.35. The molecule has 1 fully saturated rings. The highest BCUT2D eigenvalue weighted by Gasteiger charge is 2.24. The van der Waals surface area contributed by atoms with Crippen LogP contribution in [-0.4, -0.2) is 39.2 Å². The van der Waals surface area contributed by atoms with Crippen LogP contribution in [0.3, 0.4) is 0 Å². The first-order valence-corrected chi connectivity index (χ1v) is 8.70. The van der Waals surface area contributed by atoms with Crippen molar-refractivity contribution >= 4 is 5.95 Å². The third kappa shape index (κ3) is 3.56. The van der Waals surface area contributed by atoms with Crippen LogP contribution in [0.1, 0.15) is 11.6 Å². The molecule has 7 nitrogen and oxygen atoms in total. The quantitative estimate of drug-likeness (QED) is 0.758. The molecule has 1 unspecified atom stereocenters. The first kappa shape index (κ1) is 17.3. The van der Waals surface area contributed by atoms with Crippen LogP contribution in [0.15, 0.2) is 53.7 Å². The molecule has 0 amide bonds. The Morgan fingerprint density at radius 3 is 2.89 bits per heavy atom. The highest BCUT2D eigenvalue weighted by molar-refractivity contribution is 5.55. The van der Waals surface area contributed by atoms with E-state index in [4.69, 9.17) is 0 Å². The summed E-state index contributed by atoms with van der Waals surface area (Å²) in [6.07, 6.45) is 3.05. The summed E-state index contributed by atoms with van der Waals surface area (Å²) in [5.74, 6) is 0.307. The molecule has 2 aromatic heterocycles. The molecule has 0 aliphatic carbocycles. The smallest absolute Gasteiger partial charge is 0.255 e. The van der Waals surface area contributed by atoms with Crippen LogP contribution in [0.2, 0.25) is 0 Å². The van der Waals surface area contributed by atoms with Gasteiger partial charge in [-0.15, -0.1) is 0 Å². The molecule has 0 bridgehead atoms. The molecule has 1 atom stereocenters. The van der Waals surface area contributed by atoms with Crippen molar-refractivity contribution in [1.82, 2.24) is 24.8 Å². The predicted molar refractivity (Wildman–Crippen MR) is 99.9 cm³/mol. The van der Waals surface area contributed by atoms with E-state index in [0.29, 0.717) is 37.0 Å². The van der Waals surface area contributed by atoms with Crippen LogP contribution in [0.25, 0.3) is 11.4 Å². The molecule has 1 N–H and O–H groups in total. The highest BCUT2D eigenvalue weighted by Crippen LogP contribution is 2.22. The van der Waals surface area contributed by atoms with Crippen LogP contribution in [0.4, 0.5) is 10.3 Å². The highest BCUT2D eigenvalue weighted by atomic mass is 19.1. The van der Waals surface area contributed by atoms with Gasteiger partial charge in [0.15, 0.2) is 0 Å². The summed E-state index contributed by atoms with van der Waals surface area (Å²) >= 11 is 0. The normalized spacial score (nSPS) is 17.1. The molecule has 0 spiro atoms. The average Bonchev–Trinajstić information content (AvgIpc) is 2.71. The molecule has 3 heterocycles.